The third kappa shape index (κ3) is 2.93. The summed E-state index contributed by atoms with van der Waals surface area (Å²) in [6, 6.07) is 3.08. The van der Waals surface area contributed by atoms with Gasteiger partial charge in [0.15, 0.2) is 0 Å². The van der Waals surface area contributed by atoms with Crippen LogP contribution < -0.4 is 0 Å². The SMILES string of the molecule is Cc1cc(C(Cl)C2CCCOC2)c(Cl)cc1F. The highest BCUT2D eigenvalue weighted by atomic mass is 35.5. The zero-order chi connectivity index (χ0) is 12.4. The first-order chi connectivity index (χ1) is 8.09. The third-order valence-corrected chi connectivity index (χ3v) is 4.10. The van der Waals surface area contributed by atoms with Gasteiger partial charge >= 0.3 is 0 Å². The molecule has 1 saturated heterocycles. The lowest BCUT2D eigenvalue weighted by molar-refractivity contribution is 0.0531. The van der Waals surface area contributed by atoms with E-state index in [1.165, 1.54) is 6.07 Å². The van der Waals surface area contributed by atoms with Crippen LogP contribution in [0.5, 0.6) is 0 Å². The number of benzene rings is 1. The van der Waals surface area contributed by atoms with Gasteiger partial charge in [0.1, 0.15) is 5.82 Å². The molecule has 2 unspecified atom stereocenters. The van der Waals surface area contributed by atoms with Crippen LogP contribution in [0.1, 0.15) is 29.3 Å². The van der Waals surface area contributed by atoms with Gasteiger partial charge in [0.2, 0.25) is 0 Å². The molecule has 0 spiro atoms. The summed E-state index contributed by atoms with van der Waals surface area (Å²) in [6.45, 7) is 3.17. The first-order valence-corrected chi connectivity index (χ1v) is 6.58. The van der Waals surface area contributed by atoms with Crippen LogP contribution in [0.3, 0.4) is 0 Å². The van der Waals surface area contributed by atoms with Gasteiger partial charge in [-0.25, -0.2) is 4.39 Å². The molecule has 0 aliphatic carbocycles. The molecule has 1 aromatic carbocycles. The third-order valence-electron chi connectivity index (χ3n) is 3.18. The van der Waals surface area contributed by atoms with Crippen molar-refractivity contribution in [2.75, 3.05) is 13.2 Å². The lowest BCUT2D eigenvalue weighted by Gasteiger charge is -2.27. The maximum Gasteiger partial charge on any atom is 0.127 e. The fourth-order valence-corrected chi connectivity index (χ4v) is 2.84. The number of hydrogen-bond acceptors (Lipinski definition) is 1. The second-order valence-electron chi connectivity index (χ2n) is 4.50. The fourth-order valence-electron chi connectivity index (χ4n) is 2.14. The Labute approximate surface area is 111 Å². The molecule has 1 aliphatic heterocycles. The van der Waals surface area contributed by atoms with Crippen LogP contribution in [0, 0.1) is 18.7 Å². The van der Waals surface area contributed by atoms with Crippen molar-refractivity contribution < 1.29 is 9.13 Å². The number of aryl methyl sites for hydroxylation is 1. The standard InChI is InChI=1S/C13H15Cl2FO/c1-8-5-10(11(14)6-12(8)16)13(15)9-3-2-4-17-7-9/h5-6,9,13H,2-4,7H2,1H3. The molecule has 1 nitrogen and oxygen atoms in total. The summed E-state index contributed by atoms with van der Waals surface area (Å²) in [5.41, 5.74) is 1.38. The molecule has 1 aromatic rings. The van der Waals surface area contributed by atoms with Crippen molar-refractivity contribution in [3.8, 4) is 0 Å². The molecule has 0 radical (unpaired) electrons. The second-order valence-corrected chi connectivity index (χ2v) is 5.38. The van der Waals surface area contributed by atoms with E-state index >= 15 is 0 Å². The first kappa shape index (κ1) is 13.1. The molecule has 2 rings (SSSR count). The van der Waals surface area contributed by atoms with Gasteiger partial charge < -0.3 is 4.74 Å². The Morgan fingerprint density at radius 1 is 1.47 bits per heavy atom. The second kappa shape index (κ2) is 5.55. The summed E-state index contributed by atoms with van der Waals surface area (Å²) in [7, 11) is 0. The molecule has 4 heteroatoms. The minimum absolute atomic E-state index is 0.206. The summed E-state index contributed by atoms with van der Waals surface area (Å²) >= 11 is 12.5. The van der Waals surface area contributed by atoms with Crippen LogP contribution in [0.15, 0.2) is 12.1 Å². The lowest BCUT2D eigenvalue weighted by atomic mass is 9.93. The molecule has 1 fully saturated rings. The first-order valence-electron chi connectivity index (χ1n) is 5.77. The van der Waals surface area contributed by atoms with Crippen molar-refractivity contribution in [1.82, 2.24) is 0 Å². The molecule has 94 valence electrons. The van der Waals surface area contributed by atoms with Gasteiger partial charge in [-0.15, -0.1) is 11.6 Å². The smallest absolute Gasteiger partial charge is 0.127 e. The Kier molecular flexibility index (Phi) is 4.29. The van der Waals surface area contributed by atoms with Crippen molar-refractivity contribution in [3.05, 3.63) is 34.1 Å². The number of alkyl halides is 1. The topological polar surface area (TPSA) is 9.23 Å². The van der Waals surface area contributed by atoms with Crippen molar-refractivity contribution >= 4 is 23.2 Å². The van der Waals surface area contributed by atoms with E-state index in [9.17, 15) is 4.39 Å². The summed E-state index contributed by atoms with van der Waals surface area (Å²) in [5.74, 6) is -0.0321. The molecule has 0 amide bonds. The summed E-state index contributed by atoms with van der Waals surface area (Å²) in [4.78, 5) is 0. The fraction of sp³-hybridized carbons (Fsp3) is 0.538. The molecule has 1 heterocycles. The van der Waals surface area contributed by atoms with E-state index in [0.717, 1.165) is 25.0 Å². The van der Waals surface area contributed by atoms with Crippen LogP contribution in [0.4, 0.5) is 4.39 Å². The molecule has 17 heavy (non-hydrogen) atoms. The predicted octanol–water partition coefficient (Wildman–Crippen LogP) is 4.49. The number of ether oxygens (including phenoxy) is 1. The zero-order valence-electron chi connectivity index (χ0n) is 9.68. The Morgan fingerprint density at radius 2 is 2.24 bits per heavy atom. The Morgan fingerprint density at radius 3 is 2.88 bits per heavy atom. The molecule has 0 N–H and O–H groups in total. The highest BCUT2D eigenvalue weighted by Crippen LogP contribution is 2.38. The molecule has 0 bridgehead atoms. The molecule has 1 aliphatic rings. The minimum Gasteiger partial charge on any atom is -0.381 e. The van der Waals surface area contributed by atoms with E-state index < -0.39 is 0 Å². The van der Waals surface area contributed by atoms with Crippen LogP contribution >= 0.6 is 23.2 Å². The number of hydrogen-bond donors (Lipinski definition) is 0. The highest BCUT2D eigenvalue weighted by molar-refractivity contribution is 6.32. The molecular formula is C13H15Cl2FO. The maximum absolute atomic E-state index is 13.3. The number of halogens is 3. The van der Waals surface area contributed by atoms with Gasteiger partial charge in [0, 0.05) is 17.5 Å². The Bertz CT molecular complexity index is 403. The van der Waals surface area contributed by atoms with Crippen LogP contribution in [-0.2, 0) is 4.74 Å². The van der Waals surface area contributed by atoms with Crippen molar-refractivity contribution in [2.24, 2.45) is 5.92 Å². The van der Waals surface area contributed by atoms with Crippen LogP contribution in [0.25, 0.3) is 0 Å². The Balaban J connectivity index is 2.23. The van der Waals surface area contributed by atoms with Gasteiger partial charge in [-0.05, 0) is 37.0 Å². The van der Waals surface area contributed by atoms with E-state index in [2.05, 4.69) is 0 Å². The van der Waals surface area contributed by atoms with Crippen molar-refractivity contribution in [1.29, 1.82) is 0 Å². The van der Waals surface area contributed by atoms with Crippen LogP contribution in [-0.4, -0.2) is 13.2 Å². The molecule has 2 atom stereocenters. The van der Waals surface area contributed by atoms with E-state index in [-0.39, 0.29) is 17.1 Å². The van der Waals surface area contributed by atoms with Gasteiger partial charge in [-0.1, -0.05) is 17.7 Å². The van der Waals surface area contributed by atoms with Crippen molar-refractivity contribution in [2.45, 2.75) is 25.1 Å². The van der Waals surface area contributed by atoms with E-state index in [1.54, 1.807) is 13.0 Å². The predicted molar refractivity (Wildman–Crippen MR) is 68.3 cm³/mol. The monoisotopic (exact) mass is 276 g/mol. The molecular weight excluding hydrogens is 262 g/mol. The number of rotatable bonds is 2. The van der Waals surface area contributed by atoms with Crippen LogP contribution in [0.2, 0.25) is 5.02 Å². The normalized spacial score (nSPS) is 22.5. The van der Waals surface area contributed by atoms with E-state index in [0.29, 0.717) is 17.2 Å². The maximum atomic E-state index is 13.3. The quantitative estimate of drug-likeness (QED) is 0.723. The Hall–Kier alpha value is -0.310. The summed E-state index contributed by atoms with van der Waals surface area (Å²) < 4.78 is 18.7. The van der Waals surface area contributed by atoms with Gasteiger partial charge in [-0.3, -0.25) is 0 Å². The summed E-state index contributed by atoms with van der Waals surface area (Å²) in [6.07, 6.45) is 2.05. The highest BCUT2D eigenvalue weighted by Gasteiger charge is 2.26. The van der Waals surface area contributed by atoms with E-state index in [1.807, 2.05) is 0 Å². The molecule has 0 aromatic heterocycles. The minimum atomic E-state index is -0.289. The lowest BCUT2D eigenvalue weighted by Crippen LogP contribution is -2.21. The van der Waals surface area contributed by atoms with Gasteiger partial charge in [-0.2, -0.15) is 0 Å². The van der Waals surface area contributed by atoms with Gasteiger partial charge in [0.25, 0.3) is 0 Å². The average molecular weight is 277 g/mol. The van der Waals surface area contributed by atoms with Gasteiger partial charge in [0.05, 0.1) is 12.0 Å². The summed E-state index contributed by atoms with van der Waals surface area (Å²) in [5, 5.41) is 0.195. The molecule has 0 saturated carbocycles. The van der Waals surface area contributed by atoms with Crippen molar-refractivity contribution in [3.63, 3.8) is 0 Å². The zero-order valence-corrected chi connectivity index (χ0v) is 11.2. The van der Waals surface area contributed by atoms with E-state index in [4.69, 9.17) is 27.9 Å². The average Bonchev–Trinajstić information content (AvgIpc) is 2.34. The largest absolute Gasteiger partial charge is 0.381 e.